The zero-order valence-electron chi connectivity index (χ0n) is 12.3. The molecule has 1 amide bonds. The van der Waals surface area contributed by atoms with Crippen LogP contribution in [0.25, 0.3) is 0 Å². The van der Waals surface area contributed by atoms with Crippen LogP contribution in [0, 0.1) is 5.82 Å². The third kappa shape index (κ3) is 2.90. The molecule has 0 bridgehead atoms. The molecule has 5 heteroatoms. The van der Waals surface area contributed by atoms with Crippen molar-refractivity contribution < 1.29 is 13.6 Å². The van der Waals surface area contributed by atoms with E-state index in [9.17, 15) is 9.18 Å². The normalized spacial score (nSPS) is 13.7. The fraction of sp³-hybridized carbons (Fsp3) is 0.353. The molecule has 22 heavy (non-hydrogen) atoms. The number of benzene rings is 1. The number of furan rings is 1. The summed E-state index contributed by atoms with van der Waals surface area (Å²) in [6.07, 6.45) is 5.44. The summed E-state index contributed by atoms with van der Waals surface area (Å²) in [7, 11) is 0. The number of aryl methyl sites for hydroxylation is 1. The van der Waals surface area contributed by atoms with E-state index in [4.69, 9.17) is 10.2 Å². The Labute approximate surface area is 128 Å². The fourth-order valence-corrected chi connectivity index (χ4v) is 2.82. The lowest BCUT2D eigenvalue weighted by Gasteiger charge is -2.11. The summed E-state index contributed by atoms with van der Waals surface area (Å²) < 4.78 is 19.3. The highest BCUT2D eigenvalue weighted by atomic mass is 19.1. The molecular formula is C17H19FN2O2. The maximum absolute atomic E-state index is 13.9. The number of carbonyl (C=O) groups is 1. The molecule has 1 aliphatic rings. The van der Waals surface area contributed by atoms with Crippen LogP contribution < -0.4 is 11.1 Å². The molecule has 1 aliphatic carbocycles. The SMILES string of the molecule is NCc1ccc(CNC(=O)c2coc3c2CCCC3)c(F)c1. The number of fused-ring (bicyclic) bond motifs is 1. The van der Waals surface area contributed by atoms with E-state index in [0.717, 1.165) is 42.6 Å². The molecule has 3 N–H and O–H groups in total. The smallest absolute Gasteiger partial charge is 0.255 e. The van der Waals surface area contributed by atoms with Gasteiger partial charge in [0.05, 0.1) is 5.56 Å². The summed E-state index contributed by atoms with van der Waals surface area (Å²) in [4.78, 5) is 12.3. The summed E-state index contributed by atoms with van der Waals surface area (Å²) in [5.74, 6) is 0.349. The van der Waals surface area contributed by atoms with E-state index < -0.39 is 0 Å². The van der Waals surface area contributed by atoms with Crippen molar-refractivity contribution in [2.75, 3.05) is 0 Å². The van der Waals surface area contributed by atoms with Gasteiger partial charge in [0.25, 0.3) is 5.91 Å². The molecular weight excluding hydrogens is 283 g/mol. The van der Waals surface area contributed by atoms with Crippen molar-refractivity contribution in [3.8, 4) is 0 Å². The number of hydrogen-bond donors (Lipinski definition) is 2. The van der Waals surface area contributed by atoms with Crippen molar-refractivity contribution in [1.29, 1.82) is 0 Å². The Morgan fingerprint density at radius 2 is 2.14 bits per heavy atom. The standard InChI is InChI=1S/C17H19FN2O2/c18-15-7-11(8-19)5-6-12(15)9-20-17(21)14-10-22-16-4-2-1-3-13(14)16/h5-7,10H,1-4,8-9,19H2,(H,20,21). The monoisotopic (exact) mass is 302 g/mol. The van der Waals surface area contributed by atoms with E-state index >= 15 is 0 Å². The van der Waals surface area contributed by atoms with Gasteiger partial charge < -0.3 is 15.5 Å². The zero-order chi connectivity index (χ0) is 15.5. The van der Waals surface area contributed by atoms with Gasteiger partial charge in [0.1, 0.15) is 17.8 Å². The van der Waals surface area contributed by atoms with Gasteiger partial charge in [0.2, 0.25) is 0 Å². The van der Waals surface area contributed by atoms with Gasteiger partial charge in [0, 0.05) is 30.6 Å². The van der Waals surface area contributed by atoms with E-state index in [1.807, 2.05) is 0 Å². The lowest BCUT2D eigenvalue weighted by Crippen LogP contribution is -2.24. The Hall–Kier alpha value is -2.14. The molecule has 0 saturated carbocycles. The van der Waals surface area contributed by atoms with Crippen molar-refractivity contribution in [2.24, 2.45) is 5.73 Å². The second kappa shape index (κ2) is 6.32. The van der Waals surface area contributed by atoms with Crippen molar-refractivity contribution >= 4 is 5.91 Å². The second-order valence-corrected chi connectivity index (χ2v) is 5.57. The maximum atomic E-state index is 13.9. The molecule has 0 radical (unpaired) electrons. The molecule has 2 aromatic rings. The minimum Gasteiger partial charge on any atom is -0.468 e. The van der Waals surface area contributed by atoms with Crippen molar-refractivity contribution in [3.63, 3.8) is 0 Å². The Balaban J connectivity index is 1.69. The topological polar surface area (TPSA) is 68.3 Å². The Kier molecular flexibility index (Phi) is 4.24. The number of amides is 1. The first kappa shape index (κ1) is 14.8. The number of halogens is 1. The summed E-state index contributed by atoms with van der Waals surface area (Å²) >= 11 is 0. The van der Waals surface area contributed by atoms with E-state index in [1.54, 1.807) is 12.1 Å². The van der Waals surface area contributed by atoms with Crippen LogP contribution in [0.2, 0.25) is 0 Å². The van der Waals surface area contributed by atoms with Gasteiger partial charge >= 0.3 is 0 Å². The third-order valence-electron chi connectivity index (χ3n) is 4.10. The Morgan fingerprint density at radius 3 is 2.91 bits per heavy atom. The number of nitrogens with one attached hydrogen (secondary N) is 1. The maximum Gasteiger partial charge on any atom is 0.255 e. The van der Waals surface area contributed by atoms with E-state index in [1.165, 1.54) is 12.3 Å². The van der Waals surface area contributed by atoms with Crippen LogP contribution in [-0.2, 0) is 25.9 Å². The van der Waals surface area contributed by atoms with Crippen LogP contribution in [0.4, 0.5) is 4.39 Å². The van der Waals surface area contributed by atoms with Crippen LogP contribution >= 0.6 is 0 Å². The van der Waals surface area contributed by atoms with Crippen LogP contribution in [0.3, 0.4) is 0 Å². The molecule has 4 nitrogen and oxygen atoms in total. The predicted molar refractivity (Wildman–Crippen MR) is 80.8 cm³/mol. The van der Waals surface area contributed by atoms with Gasteiger partial charge in [-0.2, -0.15) is 0 Å². The Morgan fingerprint density at radius 1 is 1.32 bits per heavy atom. The van der Waals surface area contributed by atoms with Crippen LogP contribution in [0.15, 0.2) is 28.9 Å². The molecule has 1 aromatic heterocycles. The van der Waals surface area contributed by atoms with E-state index in [0.29, 0.717) is 17.7 Å². The lowest BCUT2D eigenvalue weighted by atomic mass is 9.95. The first-order valence-electron chi connectivity index (χ1n) is 7.54. The van der Waals surface area contributed by atoms with Crippen molar-refractivity contribution in [1.82, 2.24) is 5.32 Å². The molecule has 0 atom stereocenters. The van der Waals surface area contributed by atoms with Gasteiger partial charge in [-0.05, 0) is 30.9 Å². The highest BCUT2D eigenvalue weighted by Gasteiger charge is 2.21. The number of rotatable bonds is 4. The highest BCUT2D eigenvalue weighted by Crippen LogP contribution is 2.26. The minimum absolute atomic E-state index is 0.148. The summed E-state index contributed by atoms with van der Waals surface area (Å²) in [6, 6.07) is 4.83. The molecule has 0 unspecified atom stereocenters. The molecule has 0 fully saturated rings. The molecule has 3 rings (SSSR count). The Bertz CT molecular complexity index is 694. The number of nitrogens with two attached hydrogens (primary N) is 1. The second-order valence-electron chi connectivity index (χ2n) is 5.57. The quantitative estimate of drug-likeness (QED) is 0.912. The molecule has 1 aromatic carbocycles. The van der Waals surface area contributed by atoms with Crippen LogP contribution in [0.1, 0.15) is 45.7 Å². The molecule has 0 saturated heterocycles. The van der Waals surface area contributed by atoms with Crippen LogP contribution in [0.5, 0.6) is 0 Å². The average Bonchev–Trinajstić information content (AvgIpc) is 2.97. The van der Waals surface area contributed by atoms with E-state index in [-0.39, 0.29) is 18.3 Å². The lowest BCUT2D eigenvalue weighted by molar-refractivity contribution is 0.0949. The number of carbonyl (C=O) groups excluding carboxylic acids is 1. The summed E-state index contributed by atoms with van der Waals surface area (Å²) in [5, 5.41) is 2.76. The summed E-state index contributed by atoms with van der Waals surface area (Å²) in [5.41, 5.74) is 8.23. The molecule has 0 aliphatic heterocycles. The van der Waals surface area contributed by atoms with Gasteiger partial charge in [0.15, 0.2) is 0 Å². The first-order chi connectivity index (χ1) is 10.7. The molecule has 0 spiro atoms. The third-order valence-corrected chi connectivity index (χ3v) is 4.10. The van der Waals surface area contributed by atoms with Crippen LogP contribution in [-0.4, -0.2) is 5.91 Å². The minimum atomic E-state index is -0.350. The first-order valence-corrected chi connectivity index (χ1v) is 7.54. The van der Waals surface area contributed by atoms with Gasteiger partial charge in [-0.25, -0.2) is 4.39 Å². The molecule has 116 valence electrons. The largest absolute Gasteiger partial charge is 0.468 e. The van der Waals surface area contributed by atoms with Gasteiger partial charge in [-0.15, -0.1) is 0 Å². The van der Waals surface area contributed by atoms with Gasteiger partial charge in [-0.3, -0.25) is 4.79 Å². The summed E-state index contributed by atoms with van der Waals surface area (Å²) in [6.45, 7) is 0.445. The average molecular weight is 302 g/mol. The van der Waals surface area contributed by atoms with Crippen molar-refractivity contribution in [2.45, 2.75) is 38.8 Å². The molecule has 1 heterocycles. The highest BCUT2D eigenvalue weighted by molar-refractivity contribution is 5.95. The van der Waals surface area contributed by atoms with Gasteiger partial charge in [-0.1, -0.05) is 12.1 Å². The van der Waals surface area contributed by atoms with Crippen molar-refractivity contribution in [3.05, 3.63) is 58.3 Å². The van der Waals surface area contributed by atoms with E-state index in [2.05, 4.69) is 5.32 Å². The zero-order valence-corrected chi connectivity index (χ0v) is 12.3. The predicted octanol–water partition coefficient (Wildman–Crippen LogP) is 2.69. The number of hydrogen-bond acceptors (Lipinski definition) is 3. The fourth-order valence-electron chi connectivity index (χ4n) is 2.82.